The third-order valence-corrected chi connectivity index (χ3v) is 6.85. The van der Waals surface area contributed by atoms with E-state index in [0.717, 1.165) is 38.5 Å². The van der Waals surface area contributed by atoms with E-state index in [2.05, 4.69) is 40.7 Å². The molecule has 2 fully saturated rings. The van der Waals surface area contributed by atoms with E-state index in [1.807, 2.05) is 0 Å². The first-order valence-corrected chi connectivity index (χ1v) is 11.1. The van der Waals surface area contributed by atoms with Crippen LogP contribution >= 0.6 is 0 Å². The largest absolute Gasteiger partial charge is 0.341 e. The highest BCUT2D eigenvalue weighted by Crippen LogP contribution is 2.44. The van der Waals surface area contributed by atoms with E-state index in [9.17, 15) is 0 Å². The van der Waals surface area contributed by atoms with Crippen molar-refractivity contribution in [2.45, 2.75) is 84.0 Å². The van der Waals surface area contributed by atoms with E-state index < -0.39 is 0 Å². The van der Waals surface area contributed by atoms with Gasteiger partial charge >= 0.3 is 0 Å². The van der Waals surface area contributed by atoms with Crippen molar-refractivity contribution in [2.75, 3.05) is 18.0 Å². The molecule has 28 heavy (non-hydrogen) atoms. The minimum Gasteiger partial charge on any atom is -0.341 e. The molecule has 0 aromatic carbocycles. The van der Waals surface area contributed by atoms with Crippen molar-refractivity contribution in [1.29, 1.82) is 0 Å². The van der Waals surface area contributed by atoms with Gasteiger partial charge in [0.25, 0.3) is 0 Å². The highest BCUT2D eigenvalue weighted by molar-refractivity contribution is 5.38. The lowest BCUT2D eigenvalue weighted by molar-refractivity contribution is 0.166. The van der Waals surface area contributed by atoms with Crippen LogP contribution in [0.5, 0.6) is 0 Å². The molecule has 0 aliphatic carbocycles. The Hall–Kier alpha value is -1.95. The molecule has 150 valence electrons. The lowest BCUT2D eigenvalue weighted by atomic mass is 9.98. The summed E-state index contributed by atoms with van der Waals surface area (Å²) in [4.78, 5) is 14.8. The summed E-state index contributed by atoms with van der Waals surface area (Å²) in [6.07, 6.45) is 12.9. The maximum atomic E-state index is 5.00. The normalized spacial score (nSPS) is 24.1. The van der Waals surface area contributed by atoms with Gasteiger partial charge in [-0.05, 0) is 39.0 Å². The number of hydrogen-bond acceptors (Lipinski definition) is 5. The first kappa shape index (κ1) is 18.1. The quantitative estimate of drug-likeness (QED) is 0.766. The van der Waals surface area contributed by atoms with Gasteiger partial charge < -0.3 is 4.90 Å². The van der Waals surface area contributed by atoms with Crippen LogP contribution in [-0.4, -0.2) is 43.8 Å². The molecule has 3 aliphatic rings. The molecule has 0 N–H and O–H groups in total. The van der Waals surface area contributed by atoms with Crippen LogP contribution in [-0.2, 0) is 19.5 Å². The summed E-state index contributed by atoms with van der Waals surface area (Å²) < 4.78 is 2.14. The highest BCUT2D eigenvalue weighted by atomic mass is 15.3. The van der Waals surface area contributed by atoms with Crippen LogP contribution in [0.15, 0.2) is 12.4 Å². The van der Waals surface area contributed by atoms with E-state index in [4.69, 9.17) is 15.1 Å². The Morgan fingerprint density at radius 1 is 1.18 bits per heavy atom. The topological polar surface area (TPSA) is 50.1 Å². The Morgan fingerprint density at radius 3 is 2.86 bits per heavy atom. The molecule has 6 heteroatoms. The lowest BCUT2D eigenvalue weighted by Crippen LogP contribution is -2.38. The van der Waals surface area contributed by atoms with Crippen LogP contribution in [0.25, 0.3) is 0 Å². The molecule has 5 heterocycles. The molecule has 2 aromatic rings. The standard InChI is InChI=1S/C22H32N6/c1-3-4-11-27-14-17(16(2)25-27)15-28-18-7-8-21(28)19-13-23-22(24-20(19)12-18)26-9-5-6-10-26/h13-14,18,21H,3-12,15H2,1-2H3. The maximum absolute atomic E-state index is 5.00. The van der Waals surface area contributed by atoms with Crippen molar-refractivity contribution in [3.05, 3.63) is 34.9 Å². The molecule has 6 nitrogen and oxygen atoms in total. The second kappa shape index (κ2) is 7.47. The van der Waals surface area contributed by atoms with Crippen LogP contribution in [0.2, 0.25) is 0 Å². The zero-order chi connectivity index (χ0) is 19.1. The summed E-state index contributed by atoms with van der Waals surface area (Å²) >= 11 is 0. The van der Waals surface area contributed by atoms with Gasteiger partial charge in [0.1, 0.15) is 0 Å². The van der Waals surface area contributed by atoms with Gasteiger partial charge in [-0.2, -0.15) is 5.10 Å². The molecule has 2 bridgehead atoms. The highest BCUT2D eigenvalue weighted by Gasteiger charge is 2.41. The van der Waals surface area contributed by atoms with E-state index in [1.54, 1.807) is 0 Å². The van der Waals surface area contributed by atoms with Gasteiger partial charge in [0.15, 0.2) is 0 Å². The molecule has 2 aromatic heterocycles. The van der Waals surface area contributed by atoms with E-state index in [-0.39, 0.29) is 0 Å². The lowest BCUT2D eigenvalue weighted by Gasteiger charge is -2.35. The van der Waals surface area contributed by atoms with Crippen molar-refractivity contribution in [3.8, 4) is 0 Å². The monoisotopic (exact) mass is 380 g/mol. The van der Waals surface area contributed by atoms with Gasteiger partial charge in [-0.25, -0.2) is 9.97 Å². The summed E-state index contributed by atoms with van der Waals surface area (Å²) in [5.41, 5.74) is 5.23. The van der Waals surface area contributed by atoms with Crippen molar-refractivity contribution in [2.24, 2.45) is 0 Å². The molecule has 0 radical (unpaired) electrons. The van der Waals surface area contributed by atoms with Gasteiger partial charge in [-0.15, -0.1) is 0 Å². The van der Waals surface area contributed by atoms with Crippen molar-refractivity contribution in [1.82, 2.24) is 24.6 Å². The Bertz CT molecular complexity index is 838. The van der Waals surface area contributed by atoms with Crippen LogP contribution in [0, 0.1) is 6.92 Å². The molecular weight excluding hydrogens is 348 g/mol. The molecular formula is C22H32N6. The van der Waals surface area contributed by atoms with Crippen LogP contribution < -0.4 is 4.90 Å². The maximum Gasteiger partial charge on any atom is 0.225 e. The summed E-state index contributed by atoms with van der Waals surface area (Å²) in [7, 11) is 0. The number of rotatable bonds is 6. The SMILES string of the molecule is CCCCn1cc(CN2C3CCC2c2cnc(N4CCCC4)nc2C3)c(C)n1. The molecule has 2 unspecified atom stereocenters. The van der Waals surface area contributed by atoms with Gasteiger partial charge in [0, 0.05) is 68.2 Å². The Balaban J connectivity index is 1.35. The van der Waals surface area contributed by atoms with Gasteiger partial charge in [-0.1, -0.05) is 13.3 Å². The number of nitrogens with zero attached hydrogens (tertiary/aromatic N) is 6. The number of hydrogen-bond donors (Lipinski definition) is 0. The smallest absolute Gasteiger partial charge is 0.225 e. The predicted octanol–water partition coefficient (Wildman–Crippen LogP) is 3.64. The van der Waals surface area contributed by atoms with Crippen LogP contribution in [0.3, 0.4) is 0 Å². The second-order valence-electron chi connectivity index (χ2n) is 8.75. The summed E-state index contributed by atoms with van der Waals surface area (Å²) in [6.45, 7) is 8.64. The summed E-state index contributed by atoms with van der Waals surface area (Å²) in [5.74, 6) is 0.956. The van der Waals surface area contributed by atoms with E-state index in [1.165, 1.54) is 61.0 Å². The molecule has 5 rings (SSSR count). The summed E-state index contributed by atoms with van der Waals surface area (Å²) in [5, 5.41) is 4.74. The van der Waals surface area contributed by atoms with Gasteiger partial charge in [-0.3, -0.25) is 9.58 Å². The average Bonchev–Trinajstić information content (AvgIpc) is 3.41. The molecule has 0 saturated carbocycles. The Labute approximate surface area is 168 Å². The third-order valence-electron chi connectivity index (χ3n) is 6.85. The molecule has 0 spiro atoms. The fourth-order valence-electron chi connectivity index (χ4n) is 5.23. The fourth-order valence-corrected chi connectivity index (χ4v) is 5.23. The third kappa shape index (κ3) is 3.21. The zero-order valence-electron chi connectivity index (χ0n) is 17.3. The van der Waals surface area contributed by atoms with Crippen LogP contribution in [0.4, 0.5) is 5.95 Å². The van der Waals surface area contributed by atoms with Crippen molar-refractivity contribution < 1.29 is 0 Å². The average molecular weight is 381 g/mol. The molecule has 3 aliphatic heterocycles. The fraction of sp³-hybridized carbons (Fsp3) is 0.682. The number of fused-ring (bicyclic) bond motifs is 4. The second-order valence-corrected chi connectivity index (χ2v) is 8.75. The van der Waals surface area contributed by atoms with Gasteiger partial charge in [0.05, 0.1) is 11.4 Å². The Kier molecular flexibility index (Phi) is 4.83. The summed E-state index contributed by atoms with van der Waals surface area (Å²) in [6, 6.07) is 1.08. The minimum atomic E-state index is 0.472. The first-order valence-electron chi connectivity index (χ1n) is 11.1. The molecule has 2 saturated heterocycles. The number of unbranched alkanes of at least 4 members (excludes halogenated alkanes) is 1. The minimum absolute atomic E-state index is 0.472. The number of aromatic nitrogens is 4. The van der Waals surface area contributed by atoms with Crippen LogP contribution in [0.1, 0.15) is 74.0 Å². The number of anilines is 1. The van der Waals surface area contributed by atoms with Crippen molar-refractivity contribution in [3.63, 3.8) is 0 Å². The zero-order valence-corrected chi connectivity index (χ0v) is 17.3. The van der Waals surface area contributed by atoms with E-state index >= 15 is 0 Å². The van der Waals surface area contributed by atoms with E-state index in [0.29, 0.717) is 12.1 Å². The van der Waals surface area contributed by atoms with Gasteiger partial charge in [0.2, 0.25) is 5.95 Å². The molecule has 2 atom stereocenters. The number of aryl methyl sites for hydroxylation is 2. The van der Waals surface area contributed by atoms with Crippen molar-refractivity contribution >= 4 is 5.95 Å². The predicted molar refractivity (Wildman–Crippen MR) is 110 cm³/mol. The Morgan fingerprint density at radius 2 is 2.04 bits per heavy atom. The first-order chi connectivity index (χ1) is 13.7. The molecule has 0 amide bonds.